The highest BCUT2D eigenvalue weighted by Crippen LogP contribution is 2.43. The molecule has 3 aromatic carbocycles. The maximum absolute atomic E-state index is 13.8. The summed E-state index contributed by atoms with van der Waals surface area (Å²) in [5.41, 5.74) is -4.18. The lowest BCUT2D eigenvalue weighted by Gasteiger charge is -2.25. The first-order chi connectivity index (χ1) is 20.0. The van der Waals surface area contributed by atoms with Crippen LogP contribution >= 0.6 is 0 Å². The number of hydrogen-bond acceptors (Lipinski definition) is 6. The molecule has 0 unspecified atom stereocenters. The maximum atomic E-state index is 13.8. The molecule has 4 aromatic rings. The largest absolute Gasteiger partial charge is 0.496 e. The summed E-state index contributed by atoms with van der Waals surface area (Å²) in [6, 6.07) is 8.53. The standard InChI is InChI=1S/C27H22F9N5O2/c1-40-38-24(37-39-40)41(13-15-9-18(26(31,32)33)12-19(10-15)27(34,35)36)14-16-11-17(25(28,29)30)7-8-20(16)23-21(42-2)5-4-6-22(23)43-3/h4-12H,13-14H2,1-3H3. The summed E-state index contributed by atoms with van der Waals surface area (Å²) in [5, 5.41) is 11.5. The fourth-order valence-corrected chi connectivity index (χ4v) is 4.40. The number of nitrogens with zero attached hydrogens (tertiary/aromatic N) is 5. The van der Waals surface area contributed by atoms with Crippen LogP contribution in [-0.2, 0) is 38.7 Å². The number of halogens is 9. The summed E-state index contributed by atoms with van der Waals surface area (Å²) in [7, 11) is 4.03. The molecule has 0 amide bonds. The van der Waals surface area contributed by atoms with Gasteiger partial charge in [-0.2, -0.15) is 44.3 Å². The molecule has 0 fully saturated rings. The molecule has 0 bridgehead atoms. The molecule has 0 saturated carbocycles. The van der Waals surface area contributed by atoms with Crippen LogP contribution in [0.3, 0.4) is 0 Å². The average molecular weight is 619 g/mol. The number of aromatic nitrogens is 4. The second-order valence-electron chi connectivity index (χ2n) is 9.26. The first-order valence-electron chi connectivity index (χ1n) is 12.2. The van der Waals surface area contributed by atoms with Crippen LogP contribution in [0, 0.1) is 0 Å². The molecule has 230 valence electrons. The quantitative estimate of drug-likeness (QED) is 0.195. The van der Waals surface area contributed by atoms with Crippen molar-refractivity contribution in [3.63, 3.8) is 0 Å². The van der Waals surface area contributed by atoms with Crippen LogP contribution in [0.25, 0.3) is 11.1 Å². The lowest BCUT2D eigenvalue weighted by molar-refractivity contribution is -0.143. The van der Waals surface area contributed by atoms with Crippen LogP contribution in [-0.4, -0.2) is 34.4 Å². The fraction of sp³-hybridized carbons (Fsp3) is 0.296. The van der Waals surface area contributed by atoms with Crippen LogP contribution < -0.4 is 14.4 Å². The third kappa shape index (κ3) is 7.11. The molecule has 0 aliphatic rings. The van der Waals surface area contributed by atoms with Crippen molar-refractivity contribution in [3.05, 3.63) is 82.4 Å². The van der Waals surface area contributed by atoms with E-state index >= 15 is 0 Å². The number of alkyl halides is 9. The zero-order valence-corrected chi connectivity index (χ0v) is 22.6. The Bertz CT molecular complexity index is 1540. The molecule has 1 aromatic heterocycles. The molecule has 16 heteroatoms. The van der Waals surface area contributed by atoms with Crippen molar-refractivity contribution >= 4 is 5.95 Å². The van der Waals surface area contributed by atoms with Crippen LogP contribution in [0.2, 0.25) is 0 Å². The van der Waals surface area contributed by atoms with Gasteiger partial charge in [0.1, 0.15) is 11.5 Å². The summed E-state index contributed by atoms with van der Waals surface area (Å²) in [6.07, 6.45) is -15.0. The molecule has 4 rings (SSSR count). The Hall–Kier alpha value is -4.50. The molecule has 0 spiro atoms. The van der Waals surface area contributed by atoms with Gasteiger partial charge < -0.3 is 14.4 Å². The highest BCUT2D eigenvalue weighted by Gasteiger charge is 2.37. The normalized spacial score (nSPS) is 12.4. The SMILES string of the molecule is COc1cccc(OC)c1-c1ccc(C(F)(F)F)cc1CN(Cc1cc(C(F)(F)F)cc(C(F)(F)F)c1)c1nnn(C)n1. The number of hydrogen-bond donors (Lipinski definition) is 0. The van der Waals surface area contributed by atoms with E-state index in [9.17, 15) is 39.5 Å². The second kappa shape index (κ2) is 11.6. The number of anilines is 1. The minimum absolute atomic E-state index is 0.0206. The summed E-state index contributed by atoms with van der Waals surface area (Å²) >= 11 is 0. The van der Waals surface area contributed by atoms with Crippen molar-refractivity contribution in [2.24, 2.45) is 7.05 Å². The van der Waals surface area contributed by atoms with Gasteiger partial charge in [0.05, 0.1) is 43.5 Å². The van der Waals surface area contributed by atoms with Gasteiger partial charge in [-0.05, 0) is 64.4 Å². The topological polar surface area (TPSA) is 65.3 Å². The summed E-state index contributed by atoms with van der Waals surface area (Å²) in [6.45, 7) is -1.15. The molecule has 0 atom stereocenters. The van der Waals surface area contributed by atoms with Crippen molar-refractivity contribution in [1.82, 2.24) is 20.2 Å². The molecule has 1 heterocycles. The molecule has 0 saturated heterocycles. The number of aryl methyl sites for hydroxylation is 1. The minimum Gasteiger partial charge on any atom is -0.496 e. The predicted octanol–water partition coefficient (Wildman–Crippen LogP) is 7.16. The smallest absolute Gasteiger partial charge is 0.416 e. The molecule has 0 radical (unpaired) electrons. The number of rotatable bonds is 8. The monoisotopic (exact) mass is 619 g/mol. The highest BCUT2D eigenvalue weighted by molar-refractivity contribution is 5.79. The van der Waals surface area contributed by atoms with E-state index in [0.29, 0.717) is 12.1 Å². The van der Waals surface area contributed by atoms with E-state index < -0.39 is 53.9 Å². The van der Waals surface area contributed by atoms with Crippen molar-refractivity contribution in [1.29, 1.82) is 0 Å². The van der Waals surface area contributed by atoms with Gasteiger partial charge in [-0.1, -0.05) is 17.2 Å². The van der Waals surface area contributed by atoms with E-state index in [1.165, 1.54) is 27.3 Å². The van der Waals surface area contributed by atoms with Crippen LogP contribution in [0.1, 0.15) is 27.8 Å². The van der Waals surface area contributed by atoms with E-state index in [1.54, 1.807) is 18.2 Å². The Labute approximate surface area is 238 Å². The van der Waals surface area contributed by atoms with Gasteiger partial charge in [-0.25, -0.2) is 0 Å². The van der Waals surface area contributed by atoms with E-state index in [4.69, 9.17) is 9.47 Å². The molecular formula is C27H22F9N5O2. The fourth-order valence-electron chi connectivity index (χ4n) is 4.40. The van der Waals surface area contributed by atoms with Gasteiger partial charge in [0.25, 0.3) is 5.95 Å². The minimum atomic E-state index is -5.11. The molecule has 7 nitrogen and oxygen atoms in total. The summed E-state index contributed by atoms with van der Waals surface area (Å²) < 4.78 is 133. The van der Waals surface area contributed by atoms with Gasteiger partial charge in [-0.3, -0.25) is 0 Å². The zero-order chi connectivity index (χ0) is 31.7. The molecule has 0 aliphatic carbocycles. The Morgan fingerprint density at radius 2 is 1.28 bits per heavy atom. The van der Waals surface area contributed by atoms with E-state index in [1.807, 2.05) is 0 Å². The van der Waals surface area contributed by atoms with E-state index in [2.05, 4.69) is 15.4 Å². The lowest BCUT2D eigenvalue weighted by atomic mass is 9.95. The molecule has 43 heavy (non-hydrogen) atoms. The van der Waals surface area contributed by atoms with Crippen molar-refractivity contribution in [2.45, 2.75) is 31.6 Å². The maximum Gasteiger partial charge on any atom is 0.416 e. The average Bonchev–Trinajstić information content (AvgIpc) is 3.36. The zero-order valence-electron chi connectivity index (χ0n) is 22.6. The molecule has 0 aliphatic heterocycles. The van der Waals surface area contributed by atoms with Crippen LogP contribution in [0.15, 0.2) is 54.6 Å². The lowest BCUT2D eigenvalue weighted by Crippen LogP contribution is -2.25. The molecular weight excluding hydrogens is 597 g/mol. The first-order valence-corrected chi connectivity index (χ1v) is 12.2. The Balaban J connectivity index is 1.91. The summed E-state index contributed by atoms with van der Waals surface area (Å²) in [5.74, 6) is 0.207. The van der Waals surface area contributed by atoms with Crippen molar-refractivity contribution in [3.8, 4) is 22.6 Å². The van der Waals surface area contributed by atoms with E-state index in [0.717, 1.165) is 21.8 Å². The van der Waals surface area contributed by atoms with Crippen molar-refractivity contribution in [2.75, 3.05) is 19.1 Å². The van der Waals surface area contributed by atoms with Crippen LogP contribution in [0.5, 0.6) is 11.5 Å². The number of tetrazole rings is 1. The predicted molar refractivity (Wildman–Crippen MR) is 135 cm³/mol. The first kappa shape index (κ1) is 31.4. The summed E-state index contributed by atoms with van der Waals surface area (Å²) in [4.78, 5) is 2.09. The third-order valence-corrected chi connectivity index (χ3v) is 6.29. The Kier molecular flexibility index (Phi) is 8.51. The van der Waals surface area contributed by atoms with Gasteiger partial charge in [0, 0.05) is 13.1 Å². The number of methoxy groups -OCH3 is 2. The van der Waals surface area contributed by atoms with Crippen LogP contribution in [0.4, 0.5) is 45.5 Å². The van der Waals surface area contributed by atoms with Gasteiger partial charge in [0.2, 0.25) is 0 Å². The Morgan fingerprint density at radius 1 is 0.721 bits per heavy atom. The van der Waals surface area contributed by atoms with Gasteiger partial charge in [-0.15, -0.1) is 5.10 Å². The Morgan fingerprint density at radius 3 is 1.74 bits per heavy atom. The van der Waals surface area contributed by atoms with Gasteiger partial charge >= 0.3 is 18.5 Å². The molecule has 0 N–H and O–H groups in total. The highest BCUT2D eigenvalue weighted by atomic mass is 19.4. The second-order valence-corrected chi connectivity index (χ2v) is 9.26. The number of benzene rings is 3. The third-order valence-electron chi connectivity index (χ3n) is 6.29. The van der Waals surface area contributed by atoms with Gasteiger partial charge in [0.15, 0.2) is 0 Å². The number of ether oxygens (including phenoxy) is 2. The van der Waals surface area contributed by atoms with Crippen molar-refractivity contribution < 1.29 is 49.0 Å². The van der Waals surface area contributed by atoms with E-state index in [-0.39, 0.29) is 40.2 Å².